The Kier molecular flexibility index (Phi) is 6.72. The number of carbonyl (C=O) groups is 1. The topological polar surface area (TPSA) is 87.2 Å². The van der Waals surface area contributed by atoms with E-state index in [4.69, 9.17) is 9.72 Å². The number of aromatic nitrogens is 4. The number of benzene rings is 1. The maximum absolute atomic E-state index is 12.3. The summed E-state index contributed by atoms with van der Waals surface area (Å²) >= 11 is 0. The first-order valence-electron chi connectivity index (χ1n) is 12.1. The fourth-order valence-electron chi connectivity index (χ4n) is 4.30. The second-order valence-corrected chi connectivity index (χ2v) is 9.37. The maximum Gasteiger partial charge on any atom is 0.222 e. The number of carbonyl (C=O) groups excluding carboxylic acids is 1. The van der Waals surface area contributed by atoms with Crippen molar-refractivity contribution < 1.29 is 9.53 Å². The minimum atomic E-state index is 0.269. The molecule has 180 valence electrons. The van der Waals surface area contributed by atoms with Gasteiger partial charge in [0.05, 0.1) is 16.9 Å². The van der Waals surface area contributed by atoms with Crippen molar-refractivity contribution in [1.29, 1.82) is 0 Å². The predicted molar refractivity (Wildman–Crippen MR) is 135 cm³/mol. The molecule has 1 fully saturated rings. The Hall–Kier alpha value is -3.78. The molecule has 1 aromatic carbocycles. The quantitative estimate of drug-likeness (QED) is 0.428. The molecule has 0 bridgehead atoms. The van der Waals surface area contributed by atoms with Crippen molar-refractivity contribution >= 4 is 16.8 Å². The van der Waals surface area contributed by atoms with Crippen LogP contribution in [0.2, 0.25) is 0 Å². The van der Waals surface area contributed by atoms with Crippen LogP contribution in [0.15, 0.2) is 60.9 Å². The Labute approximate surface area is 205 Å². The highest BCUT2D eigenvalue weighted by molar-refractivity contribution is 5.80. The van der Waals surface area contributed by atoms with Gasteiger partial charge in [-0.05, 0) is 42.3 Å². The second-order valence-electron chi connectivity index (χ2n) is 9.37. The lowest BCUT2D eigenvalue weighted by molar-refractivity contribution is -0.133. The second kappa shape index (κ2) is 10.2. The van der Waals surface area contributed by atoms with Crippen LogP contribution >= 0.6 is 0 Å². The molecule has 1 aliphatic heterocycles. The van der Waals surface area contributed by atoms with E-state index in [0.29, 0.717) is 18.2 Å². The van der Waals surface area contributed by atoms with Crippen LogP contribution in [-0.2, 0) is 11.3 Å². The Balaban J connectivity index is 1.19. The van der Waals surface area contributed by atoms with Gasteiger partial charge in [-0.15, -0.1) is 0 Å². The van der Waals surface area contributed by atoms with Gasteiger partial charge in [0, 0.05) is 68.6 Å². The molecule has 3 aromatic heterocycles. The molecule has 1 amide bonds. The Morgan fingerprint density at radius 3 is 2.63 bits per heavy atom. The van der Waals surface area contributed by atoms with Gasteiger partial charge in [-0.3, -0.25) is 19.8 Å². The van der Waals surface area contributed by atoms with Gasteiger partial charge in [0.25, 0.3) is 0 Å². The molecule has 0 atom stereocenters. The van der Waals surface area contributed by atoms with Crippen LogP contribution in [-0.4, -0.2) is 62.1 Å². The molecule has 0 unspecified atom stereocenters. The number of pyridine rings is 2. The smallest absolute Gasteiger partial charge is 0.222 e. The molecule has 4 heterocycles. The zero-order chi connectivity index (χ0) is 24.2. The van der Waals surface area contributed by atoms with E-state index in [0.717, 1.165) is 66.3 Å². The number of rotatable bonds is 7. The van der Waals surface area contributed by atoms with Crippen LogP contribution in [0.1, 0.15) is 26.0 Å². The monoisotopic (exact) mass is 470 g/mol. The van der Waals surface area contributed by atoms with E-state index in [1.807, 2.05) is 41.3 Å². The number of fused-ring (bicyclic) bond motifs is 1. The molecule has 0 saturated carbocycles. The number of hydrogen-bond acceptors (Lipinski definition) is 6. The van der Waals surface area contributed by atoms with Gasteiger partial charge >= 0.3 is 0 Å². The molecule has 0 radical (unpaired) electrons. The summed E-state index contributed by atoms with van der Waals surface area (Å²) in [6.45, 7) is 8.29. The number of H-pyrrole nitrogens is 1. The van der Waals surface area contributed by atoms with E-state index in [-0.39, 0.29) is 5.91 Å². The third-order valence-corrected chi connectivity index (χ3v) is 6.18. The first kappa shape index (κ1) is 23.0. The van der Waals surface area contributed by atoms with Gasteiger partial charge in [0.15, 0.2) is 0 Å². The first-order chi connectivity index (χ1) is 17.0. The predicted octanol–water partition coefficient (Wildman–Crippen LogP) is 4.50. The lowest BCUT2D eigenvalue weighted by atomic mass is 10.1. The van der Waals surface area contributed by atoms with E-state index in [1.54, 1.807) is 12.4 Å². The third-order valence-electron chi connectivity index (χ3n) is 6.18. The van der Waals surface area contributed by atoms with Crippen molar-refractivity contribution in [2.24, 2.45) is 5.92 Å². The van der Waals surface area contributed by atoms with Crippen LogP contribution < -0.4 is 4.74 Å². The highest BCUT2D eigenvalue weighted by Gasteiger charge is 2.21. The standard InChI is InChI=1S/C27H30N6O2/c1-19(2)15-27(34)33-13-11-32(12-14-33)18-22-5-3-20-16-23(6-7-24(20)30-22)35-26-8-4-21(17-28-26)25-9-10-29-31-25/h3-10,16-17,19H,11-15,18H2,1-2H3,(H,29,31). The summed E-state index contributed by atoms with van der Waals surface area (Å²) in [4.78, 5) is 25.9. The van der Waals surface area contributed by atoms with Crippen LogP contribution in [0.4, 0.5) is 0 Å². The van der Waals surface area contributed by atoms with Crippen molar-refractivity contribution in [3.8, 4) is 22.9 Å². The fourth-order valence-corrected chi connectivity index (χ4v) is 4.30. The Bertz CT molecular complexity index is 1280. The maximum atomic E-state index is 12.3. The molecule has 1 N–H and O–H groups in total. The molecule has 35 heavy (non-hydrogen) atoms. The molecule has 4 aromatic rings. The summed E-state index contributed by atoms with van der Waals surface area (Å²) in [6, 6.07) is 15.7. The van der Waals surface area contributed by atoms with Crippen LogP contribution in [0.25, 0.3) is 22.2 Å². The Morgan fingerprint density at radius 1 is 1.06 bits per heavy atom. The number of nitrogens with zero attached hydrogens (tertiary/aromatic N) is 5. The van der Waals surface area contributed by atoms with E-state index >= 15 is 0 Å². The fraction of sp³-hybridized carbons (Fsp3) is 0.333. The van der Waals surface area contributed by atoms with E-state index < -0.39 is 0 Å². The highest BCUT2D eigenvalue weighted by atomic mass is 16.5. The summed E-state index contributed by atoms with van der Waals surface area (Å²) in [5.41, 5.74) is 3.83. The van der Waals surface area contributed by atoms with Crippen molar-refractivity contribution in [3.05, 3.63) is 66.6 Å². The molecule has 8 heteroatoms. The van der Waals surface area contributed by atoms with Gasteiger partial charge in [-0.2, -0.15) is 5.10 Å². The number of aromatic amines is 1. The van der Waals surface area contributed by atoms with Crippen molar-refractivity contribution in [1.82, 2.24) is 30.0 Å². The third kappa shape index (κ3) is 5.66. The molecule has 0 spiro atoms. The largest absolute Gasteiger partial charge is 0.439 e. The average molecular weight is 471 g/mol. The number of amides is 1. The number of ether oxygens (including phenoxy) is 1. The lowest BCUT2D eigenvalue weighted by Crippen LogP contribution is -2.48. The molecular formula is C27H30N6O2. The number of piperazine rings is 1. The van der Waals surface area contributed by atoms with Gasteiger partial charge in [0.2, 0.25) is 11.8 Å². The zero-order valence-corrected chi connectivity index (χ0v) is 20.1. The Morgan fingerprint density at radius 2 is 1.91 bits per heavy atom. The molecule has 5 rings (SSSR count). The summed E-state index contributed by atoms with van der Waals surface area (Å²) in [5.74, 6) is 1.92. The summed E-state index contributed by atoms with van der Waals surface area (Å²) < 4.78 is 5.96. The van der Waals surface area contributed by atoms with E-state index in [2.05, 4.69) is 46.1 Å². The van der Waals surface area contributed by atoms with E-state index in [1.165, 1.54) is 0 Å². The van der Waals surface area contributed by atoms with E-state index in [9.17, 15) is 4.79 Å². The number of hydrogen-bond donors (Lipinski definition) is 1. The lowest BCUT2D eigenvalue weighted by Gasteiger charge is -2.35. The summed E-state index contributed by atoms with van der Waals surface area (Å²) in [7, 11) is 0. The van der Waals surface area contributed by atoms with Crippen molar-refractivity contribution in [2.45, 2.75) is 26.8 Å². The summed E-state index contributed by atoms with van der Waals surface area (Å²) in [5, 5.41) is 7.91. The van der Waals surface area contributed by atoms with Gasteiger partial charge < -0.3 is 9.64 Å². The van der Waals surface area contributed by atoms with Crippen LogP contribution in [0.5, 0.6) is 11.6 Å². The normalized spacial score (nSPS) is 14.5. The van der Waals surface area contributed by atoms with Crippen LogP contribution in [0, 0.1) is 5.92 Å². The molecule has 8 nitrogen and oxygen atoms in total. The van der Waals surface area contributed by atoms with Crippen molar-refractivity contribution in [2.75, 3.05) is 26.2 Å². The summed E-state index contributed by atoms with van der Waals surface area (Å²) in [6.07, 6.45) is 4.10. The molecular weight excluding hydrogens is 440 g/mol. The number of nitrogens with one attached hydrogen (secondary N) is 1. The highest BCUT2D eigenvalue weighted by Crippen LogP contribution is 2.26. The minimum absolute atomic E-state index is 0.269. The van der Waals surface area contributed by atoms with Gasteiger partial charge in [-0.1, -0.05) is 19.9 Å². The van der Waals surface area contributed by atoms with Gasteiger partial charge in [0.1, 0.15) is 5.75 Å². The minimum Gasteiger partial charge on any atom is -0.439 e. The SMILES string of the molecule is CC(C)CC(=O)N1CCN(Cc2ccc3cc(Oc4ccc(-c5ccn[nH]5)cn4)ccc3n2)CC1. The van der Waals surface area contributed by atoms with Crippen LogP contribution in [0.3, 0.4) is 0 Å². The van der Waals surface area contributed by atoms with Gasteiger partial charge in [-0.25, -0.2) is 4.98 Å². The van der Waals surface area contributed by atoms with Crippen molar-refractivity contribution in [3.63, 3.8) is 0 Å². The zero-order valence-electron chi connectivity index (χ0n) is 20.1. The molecule has 1 aliphatic rings. The molecule has 0 aliphatic carbocycles. The average Bonchev–Trinajstić information content (AvgIpc) is 3.40. The molecule has 1 saturated heterocycles. The first-order valence-corrected chi connectivity index (χ1v) is 12.1.